The van der Waals surface area contributed by atoms with Crippen LogP contribution in [-0.2, 0) is 14.9 Å². The van der Waals surface area contributed by atoms with Crippen LogP contribution >= 0.6 is 11.6 Å². The third-order valence-corrected chi connectivity index (χ3v) is 2.64. The number of carbonyl (C=O) groups excluding carboxylic acids is 1. The minimum Gasteiger partial charge on any atom is -0.378 e. The topological polar surface area (TPSA) is 26.3 Å². The Morgan fingerprint density at radius 1 is 1.50 bits per heavy atom. The van der Waals surface area contributed by atoms with Gasteiger partial charge >= 0.3 is 0 Å². The van der Waals surface area contributed by atoms with Crippen molar-refractivity contribution in [2.75, 3.05) is 13.2 Å². The average molecular weight is 215 g/mol. The van der Waals surface area contributed by atoms with Crippen molar-refractivity contribution in [1.29, 1.82) is 0 Å². The molecule has 74 valence electrons. The van der Waals surface area contributed by atoms with Crippen molar-refractivity contribution in [2.45, 2.75) is 5.41 Å². The van der Waals surface area contributed by atoms with E-state index in [1.54, 1.807) is 0 Å². The minimum absolute atomic E-state index is 0.230. The molecular weight excluding hydrogens is 207 g/mol. The lowest BCUT2D eigenvalue weighted by Crippen LogP contribution is -2.48. The zero-order valence-corrected chi connectivity index (χ0v) is 8.05. The summed E-state index contributed by atoms with van der Waals surface area (Å²) >= 11 is 5.74. The highest BCUT2D eigenvalue weighted by atomic mass is 35.5. The fraction of sp³-hybridized carbons (Fsp3) is 0.300. The normalized spacial score (nSPS) is 18.7. The van der Waals surface area contributed by atoms with Crippen LogP contribution in [0.5, 0.6) is 0 Å². The number of ether oxygens (including phenoxy) is 1. The van der Waals surface area contributed by atoms with Crippen molar-refractivity contribution < 1.29 is 13.9 Å². The largest absolute Gasteiger partial charge is 0.378 e. The zero-order chi connectivity index (χ0) is 10.2. The van der Waals surface area contributed by atoms with Gasteiger partial charge in [0.15, 0.2) is 0 Å². The maximum atomic E-state index is 13.4. The number of rotatable bonds is 2. The quantitative estimate of drug-likeness (QED) is 0.704. The monoisotopic (exact) mass is 214 g/mol. The number of carbonyl (C=O) groups is 1. The lowest BCUT2D eigenvalue weighted by molar-refractivity contribution is -0.130. The van der Waals surface area contributed by atoms with Crippen molar-refractivity contribution in [3.63, 3.8) is 0 Å². The first-order valence-corrected chi connectivity index (χ1v) is 4.55. The summed E-state index contributed by atoms with van der Waals surface area (Å²) in [5.41, 5.74) is -0.499. The van der Waals surface area contributed by atoms with Gasteiger partial charge in [-0.15, -0.1) is 0 Å². The Morgan fingerprint density at radius 2 is 2.21 bits per heavy atom. The van der Waals surface area contributed by atoms with Crippen molar-refractivity contribution in [3.8, 4) is 0 Å². The molecule has 2 rings (SSSR count). The van der Waals surface area contributed by atoms with E-state index in [1.165, 1.54) is 18.2 Å². The first-order valence-electron chi connectivity index (χ1n) is 4.17. The van der Waals surface area contributed by atoms with Gasteiger partial charge in [0.05, 0.1) is 13.2 Å². The maximum Gasteiger partial charge on any atom is 0.135 e. The molecule has 1 heterocycles. The summed E-state index contributed by atoms with van der Waals surface area (Å²) < 4.78 is 18.3. The molecule has 1 aliphatic heterocycles. The SMILES string of the molecule is O=CC1(c2cc(Cl)ccc2F)COC1. The Morgan fingerprint density at radius 3 is 2.71 bits per heavy atom. The Bertz CT molecular complexity index is 374. The maximum absolute atomic E-state index is 13.4. The molecule has 0 unspecified atom stereocenters. The highest BCUT2D eigenvalue weighted by Gasteiger charge is 2.42. The fourth-order valence-corrected chi connectivity index (χ4v) is 1.66. The first-order chi connectivity index (χ1) is 6.68. The molecule has 4 heteroatoms. The van der Waals surface area contributed by atoms with E-state index in [-0.39, 0.29) is 13.2 Å². The molecule has 2 nitrogen and oxygen atoms in total. The number of benzene rings is 1. The van der Waals surface area contributed by atoms with Crippen molar-refractivity contribution >= 4 is 17.9 Å². The van der Waals surface area contributed by atoms with E-state index in [2.05, 4.69) is 0 Å². The van der Waals surface area contributed by atoms with Crippen molar-refractivity contribution in [3.05, 3.63) is 34.6 Å². The number of halogens is 2. The third-order valence-electron chi connectivity index (χ3n) is 2.41. The number of hydrogen-bond donors (Lipinski definition) is 0. The molecule has 1 aromatic carbocycles. The lowest BCUT2D eigenvalue weighted by atomic mass is 9.80. The third kappa shape index (κ3) is 1.33. The molecule has 0 spiro atoms. The highest BCUT2D eigenvalue weighted by Crippen LogP contribution is 2.33. The molecule has 1 aliphatic rings. The predicted octanol–water partition coefficient (Wildman–Crippen LogP) is 1.95. The van der Waals surface area contributed by atoms with Gasteiger partial charge in [-0.05, 0) is 18.2 Å². The van der Waals surface area contributed by atoms with E-state index in [0.29, 0.717) is 10.6 Å². The van der Waals surface area contributed by atoms with Crippen LogP contribution < -0.4 is 0 Å². The van der Waals surface area contributed by atoms with Gasteiger partial charge in [0.1, 0.15) is 17.5 Å². The van der Waals surface area contributed by atoms with Crippen LogP contribution in [0.15, 0.2) is 18.2 Å². The molecule has 0 saturated carbocycles. The number of aldehydes is 1. The van der Waals surface area contributed by atoms with Crippen molar-refractivity contribution in [1.82, 2.24) is 0 Å². The molecule has 0 aromatic heterocycles. The van der Waals surface area contributed by atoms with Gasteiger partial charge < -0.3 is 9.53 Å². The Kier molecular flexibility index (Phi) is 2.29. The van der Waals surface area contributed by atoms with Gasteiger partial charge in [0, 0.05) is 10.6 Å². The van der Waals surface area contributed by atoms with Crippen LogP contribution in [0.3, 0.4) is 0 Å². The van der Waals surface area contributed by atoms with Gasteiger partial charge in [-0.25, -0.2) is 4.39 Å². The molecule has 1 aromatic rings. The summed E-state index contributed by atoms with van der Waals surface area (Å²) in [7, 11) is 0. The first kappa shape index (κ1) is 9.62. The van der Waals surface area contributed by atoms with E-state index in [9.17, 15) is 9.18 Å². The number of hydrogen-bond acceptors (Lipinski definition) is 2. The predicted molar refractivity (Wildman–Crippen MR) is 50.0 cm³/mol. The van der Waals surface area contributed by atoms with Crippen LogP contribution in [0.2, 0.25) is 5.02 Å². The summed E-state index contributed by atoms with van der Waals surface area (Å²) in [6.07, 6.45) is 0.727. The summed E-state index contributed by atoms with van der Waals surface area (Å²) in [5.74, 6) is -0.412. The molecule has 0 amide bonds. The van der Waals surface area contributed by atoms with E-state index < -0.39 is 11.2 Å². The molecule has 1 fully saturated rings. The molecule has 1 saturated heterocycles. The molecule has 0 bridgehead atoms. The molecule has 0 aliphatic carbocycles. The van der Waals surface area contributed by atoms with Crippen LogP contribution in [-0.4, -0.2) is 19.5 Å². The second-order valence-corrected chi connectivity index (χ2v) is 3.83. The summed E-state index contributed by atoms with van der Waals surface area (Å²) in [4.78, 5) is 10.9. The van der Waals surface area contributed by atoms with Crippen LogP contribution in [0.1, 0.15) is 5.56 Å². The van der Waals surface area contributed by atoms with Crippen LogP contribution in [0.4, 0.5) is 4.39 Å². The van der Waals surface area contributed by atoms with Gasteiger partial charge in [0.25, 0.3) is 0 Å². The highest BCUT2D eigenvalue weighted by molar-refractivity contribution is 6.30. The van der Waals surface area contributed by atoms with Gasteiger partial charge in [-0.3, -0.25) is 0 Å². The second kappa shape index (κ2) is 3.33. The fourth-order valence-electron chi connectivity index (χ4n) is 1.49. The van der Waals surface area contributed by atoms with Crippen LogP contribution in [0, 0.1) is 5.82 Å². The zero-order valence-electron chi connectivity index (χ0n) is 7.30. The Balaban J connectivity index is 2.48. The molecule has 0 atom stereocenters. The van der Waals surface area contributed by atoms with Gasteiger partial charge in [-0.1, -0.05) is 11.6 Å². The summed E-state index contributed by atoms with van der Waals surface area (Å²) in [5, 5.41) is 0.425. The van der Waals surface area contributed by atoms with E-state index in [4.69, 9.17) is 16.3 Å². The van der Waals surface area contributed by atoms with Gasteiger partial charge in [0.2, 0.25) is 0 Å². The molecule has 14 heavy (non-hydrogen) atoms. The lowest BCUT2D eigenvalue weighted by Gasteiger charge is -2.36. The molecular formula is C10H8ClFO2. The standard InChI is InChI=1S/C10H8ClFO2/c11-7-1-2-9(12)8(3-7)10(4-13)5-14-6-10/h1-4H,5-6H2. The summed E-state index contributed by atoms with van der Waals surface area (Å²) in [6, 6.07) is 4.20. The summed E-state index contributed by atoms with van der Waals surface area (Å²) in [6.45, 7) is 0.460. The average Bonchev–Trinajstić information content (AvgIpc) is 2.10. The smallest absolute Gasteiger partial charge is 0.135 e. The Labute approximate surface area is 85.6 Å². The van der Waals surface area contributed by atoms with E-state index in [1.807, 2.05) is 0 Å². The van der Waals surface area contributed by atoms with E-state index >= 15 is 0 Å². The molecule has 0 radical (unpaired) electrons. The van der Waals surface area contributed by atoms with E-state index in [0.717, 1.165) is 6.29 Å². The van der Waals surface area contributed by atoms with Crippen molar-refractivity contribution in [2.24, 2.45) is 0 Å². The van der Waals surface area contributed by atoms with Crippen LogP contribution in [0.25, 0.3) is 0 Å². The minimum atomic E-state index is -0.824. The van der Waals surface area contributed by atoms with Gasteiger partial charge in [-0.2, -0.15) is 0 Å². The molecule has 0 N–H and O–H groups in total. The Hall–Kier alpha value is -0.930. The second-order valence-electron chi connectivity index (χ2n) is 3.39.